The normalized spacial score (nSPS) is 12.4. The lowest BCUT2D eigenvalue weighted by Crippen LogP contribution is -2.53. The molecular weight excluding hydrogens is 662 g/mol. The summed E-state index contributed by atoms with van der Waals surface area (Å²) < 4.78 is 16.0. The van der Waals surface area contributed by atoms with Gasteiger partial charge in [0, 0.05) is 42.8 Å². The number of hydrogen-bond donors (Lipinski definition) is 5. The SMILES string of the molecule is CC(C)C(=O)CNC(=O)OCc1ccc(NC(=O)C(C)NC(=O)C(NC(=O)CCOCCOCCNC(=O)CCC(=O)C(C)(C)C)C(C)C)cc1. The largest absolute Gasteiger partial charge is 0.445 e. The Morgan fingerprint density at radius 3 is 1.92 bits per heavy atom. The molecule has 0 saturated heterocycles. The smallest absolute Gasteiger partial charge is 0.407 e. The molecule has 15 nitrogen and oxygen atoms in total. The van der Waals surface area contributed by atoms with Crippen molar-refractivity contribution in [1.82, 2.24) is 21.3 Å². The lowest BCUT2D eigenvalue weighted by atomic mass is 9.88. The maximum Gasteiger partial charge on any atom is 0.407 e. The lowest BCUT2D eigenvalue weighted by molar-refractivity contribution is -0.132. The molecule has 1 aromatic carbocycles. The molecule has 2 atom stereocenters. The first-order chi connectivity index (χ1) is 23.9. The number of rotatable bonds is 23. The highest BCUT2D eigenvalue weighted by Crippen LogP contribution is 2.17. The number of alkyl carbamates (subject to hydrolysis) is 1. The Morgan fingerprint density at radius 2 is 1.33 bits per heavy atom. The van der Waals surface area contributed by atoms with Crippen molar-refractivity contribution in [3.8, 4) is 0 Å². The molecule has 15 heteroatoms. The average molecular weight is 720 g/mol. The Bertz CT molecular complexity index is 1310. The van der Waals surface area contributed by atoms with Crippen LogP contribution in [-0.2, 0) is 49.6 Å². The molecule has 1 rings (SSSR count). The predicted molar refractivity (Wildman–Crippen MR) is 190 cm³/mol. The van der Waals surface area contributed by atoms with E-state index in [4.69, 9.17) is 14.2 Å². The summed E-state index contributed by atoms with van der Waals surface area (Å²) >= 11 is 0. The highest BCUT2D eigenvalue weighted by molar-refractivity contribution is 5.98. The van der Waals surface area contributed by atoms with Gasteiger partial charge in [-0.1, -0.05) is 60.6 Å². The van der Waals surface area contributed by atoms with E-state index in [2.05, 4.69) is 26.6 Å². The molecule has 0 saturated carbocycles. The van der Waals surface area contributed by atoms with E-state index in [1.807, 2.05) is 20.8 Å². The minimum atomic E-state index is -0.912. The van der Waals surface area contributed by atoms with Crippen LogP contribution in [0.5, 0.6) is 0 Å². The fourth-order valence-corrected chi connectivity index (χ4v) is 4.09. The van der Waals surface area contributed by atoms with Gasteiger partial charge in [-0.25, -0.2) is 4.79 Å². The van der Waals surface area contributed by atoms with Crippen molar-refractivity contribution in [2.75, 3.05) is 44.8 Å². The van der Waals surface area contributed by atoms with Gasteiger partial charge in [0.05, 0.1) is 33.0 Å². The van der Waals surface area contributed by atoms with Gasteiger partial charge in [0.25, 0.3) is 0 Å². The maximum atomic E-state index is 13.0. The molecule has 0 aliphatic heterocycles. The van der Waals surface area contributed by atoms with Crippen LogP contribution in [0.15, 0.2) is 24.3 Å². The van der Waals surface area contributed by atoms with Gasteiger partial charge >= 0.3 is 6.09 Å². The number of benzene rings is 1. The van der Waals surface area contributed by atoms with Crippen molar-refractivity contribution < 1.29 is 47.8 Å². The number of ether oxygens (including phenoxy) is 3. The molecule has 51 heavy (non-hydrogen) atoms. The fourth-order valence-electron chi connectivity index (χ4n) is 4.09. The van der Waals surface area contributed by atoms with Gasteiger partial charge in [-0.15, -0.1) is 0 Å². The first-order valence-electron chi connectivity index (χ1n) is 17.3. The van der Waals surface area contributed by atoms with Gasteiger partial charge in [-0.2, -0.15) is 0 Å². The molecule has 0 fully saturated rings. The second-order valence-electron chi connectivity index (χ2n) is 13.8. The molecule has 2 unspecified atom stereocenters. The molecule has 0 heterocycles. The summed E-state index contributed by atoms with van der Waals surface area (Å²) in [5.74, 6) is -2.11. The van der Waals surface area contributed by atoms with Crippen LogP contribution in [0.2, 0.25) is 0 Å². The molecule has 1 aromatic rings. The first-order valence-corrected chi connectivity index (χ1v) is 17.3. The Balaban J connectivity index is 2.33. The zero-order chi connectivity index (χ0) is 38.6. The predicted octanol–water partition coefficient (Wildman–Crippen LogP) is 2.66. The summed E-state index contributed by atoms with van der Waals surface area (Å²) in [7, 11) is 0. The Morgan fingerprint density at radius 1 is 0.706 bits per heavy atom. The van der Waals surface area contributed by atoms with Gasteiger partial charge in [0.1, 0.15) is 24.5 Å². The fraction of sp³-hybridized carbons (Fsp3) is 0.639. The maximum absolute atomic E-state index is 13.0. The Hall–Kier alpha value is -4.37. The molecule has 0 aliphatic carbocycles. The molecule has 5 N–H and O–H groups in total. The summed E-state index contributed by atoms with van der Waals surface area (Å²) in [4.78, 5) is 85.4. The number of hydrogen-bond acceptors (Lipinski definition) is 10. The van der Waals surface area contributed by atoms with Crippen LogP contribution in [0.4, 0.5) is 10.5 Å². The lowest BCUT2D eigenvalue weighted by Gasteiger charge is -2.24. The van der Waals surface area contributed by atoms with E-state index in [0.717, 1.165) is 0 Å². The van der Waals surface area contributed by atoms with E-state index in [-0.39, 0.29) is 94.1 Å². The van der Waals surface area contributed by atoms with E-state index < -0.39 is 35.4 Å². The van der Waals surface area contributed by atoms with Gasteiger partial charge in [-0.05, 0) is 30.5 Å². The number of anilines is 1. The highest BCUT2D eigenvalue weighted by atomic mass is 16.5. The summed E-state index contributed by atoms with van der Waals surface area (Å²) in [6.45, 7) is 15.1. The number of amides is 5. The number of Topliss-reactive ketones (excluding diaryl/α,β-unsaturated/α-hetero) is 2. The summed E-state index contributed by atoms with van der Waals surface area (Å²) in [5, 5.41) is 13.2. The van der Waals surface area contributed by atoms with Crippen LogP contribution >= 0.6 is 0 Å². The third kappa shape index (κ3) is 19.6. The minimum Gasteiger partial charge on any atom is -0.445 e. The molecule has 0 aromatic heterocycles. The van der Waals surface area contributed by atoms with E-state index in [1.54, 1.807) is 52.0 Å². The topological polar surface area (TPSA) is 207 Å². The zero-order valence-corrected chi connectivity index (χ0v) is 31.3. The number of carbonyl (C=O) groups excluding carboxylic acids is 7. The molecule has 0 bridgehead atoms. The van der Waals surface area contributed by atoms with E-state index >= 15 is 0 Å². The van der Waals surface area contributed by atoms with Gasteiger partial charge < -0.3 is 40.8 Å². The highest BCUT2D eigenvalue weighted by Gasteiger charge is 2.27. The number of carbonyl (C=O) groups is 7. The van der Waals surface area contributed by atoms with Crippen molar-refractivity contribution in [3.05, 3.63) is 29.8 Å². The minimum absolute atomic E-state index is 0.0133. The Labute approximate surface area is 301 Å². The zero-order valence-electron chi connectivity index (χ0n) is 31.3. The third-order valence-corrected chi connectivity index (χ3v) is 7.49. The first kappa shape index (κ1) is 44.7. The molecule has 0 aliphatic rings. The van der Waals surface area contributed by atoms with Gasteiger partial charge in [0.2, 0.25) is 23.6 Å². The summed E-state index contributed by atoms with van der Waals surface area (Å²) in [6, 6.07) is 4.78. The molecule has 286 valence electrons. The van der Waals surface area contributed by atoms with E-state index in [0.29, 0.717) is 17.8 Å². The second-order valence-corrected chi connectivity index (χ2v) is 13.8. The van der Waals surface area contributed by atoms with Crippen molar-refractivity contribution in [3.63, 3.8) is 0 Å². The monoisotopic (exact) mass is 719 g/mol. The van der Waals surface area contributed by atoms with Crippen molar-refractivity contribution >= 4 is 47.0 Å². The molecule has 0 radical (unpaired) electrons. The van der Waals surface area contributed by atoms with E-state index in [1.165, 1.54) is 6.92 Å². The summed E-state index contributed by atoms with van der Waals surface area (Å²) in [6.07, 6.45) is -0.365. The third-order valence-electron chi connectivity index (χ3n) is 7.49. The average Bonchev–Trinajstić information content (AvgIpc) is 3.06. The van der Waals surface area contributed by atoms with Crippen LogP contribution in [-0.4, -0.2) is 92.9 Å². The standard InChI is InChI=1S/C36H57N5O10/c1-23(2)28(42)21-38-35(48)51-22-26-9-11-27(12-10-26)40-33(46)25(5)39-34(47)32(24(3)4)41-31(45)15-17-49-19-20-50-18-16-37-30(44)14-13-29(43)36(6,7)8/h9-12,23-25,32H,13-22H2,1-8H3,(H,37,44)(H,38,48)(H,39,47)(H,40,46)(H,41,45). The number of ketones is 2. The Kier molecular flexibility index (Phi) is 20.3. The van der Waals surface area contributed by atoms with Crippen LogP contribution in [0.25, 0.3) is 0 Å². The van der Waals surface area contributed by atoms with Crippen LogP contribution < -0.4 is 26.6 Å². The van der Waals surface area contributed by atoms with Crippen LogP contribution in [0.1, 0.15) is 80.2 Å². The molecule has 0 spiro atoms. The van der Waals surface area contributed by atoms with Crippen LogP contribution in [0, 0.1) is 17.3 Å². The molecular formula is C36H57N5O10. The summed E-state index contributed by atoms with van der Waals surface area (Å²) in [5.41, 5.74) is 0.656. The number of nitrogens with one attached hydrogen (secondary N) is 5. The van der Waals surface area contributed by atoms with Crippen molar-refractivity contribution in [1.29, 1.82) is 0 Å². The van der Waals surface area contributed by atoms with Gasteiger partial charge in [-0.3, -0.25) is 28.8 Å². The van der Waals surface area contributed by atoms with Crippen molar-refractivity contribution in [2.24, 2.45) is 17.3 Å². The van der Waals surface area contributed by atoms with Crippen LogP contribution in [0.3, 0.4) is 0 Å². The quantitative estimate of drug-likeness (QED) is 0.105. The van der Waals surface area contributed by atoms with E-state index in [9.17, 15) is 33.6 Å². The second kappa shape index (κ2) is 23.2. The molecule has 5 amide bonds. The van der Waals surface area contributed by atoms with Gasteiger partial charge in [0.15, 0.2) is 5.78 Å². The van der Waals surface area contributed by atoms with Crippen molar-refractivity contribution in [2.45, 2.75) is 93.3 Å².